The second-order valence-electron chi connectivity index (χ2n) is 5.77. The third kappa shape index (κ3) is 2.56. The van der Waals surface area contributed by atoms with Gasteiger partial charge in [-0.15, -0.1) is 0 Å². The van der Waals surface area contributed by atoms with E-state index in [-0.39, 0.29) is 6.04 Å². The Morgan fingerprint density at radius 2 is 2.21 bits per heavy atom. The van der Waals surface area contributed by atoms with E-state index in [9.17, 15) is 5.11 Å². The molecule has 1 N–H and O–H groups in total. The number of hydrogen-bond donors (Lipinski definition) is 1. The molecule has 0 aliphatic carbocycles. The average molecular weight is 279 g/mol. The second kappa shape index (κ2) is 5.03. The van der Waals surface area contributed by atoms with Crippen LogP contribution in [-0.2, 0) is 0 Å². The molecule has 4 heteroatoms. The molecule has 1 saturated heterocycles. The molecule has 0 bridgehead atoms. The number of anilines is 1. The number of nitrogens with zero attached hydrogens (tertiary/aromatic N) is 2. The third-order valence-electron chi connectivity index (χ3n) is 3.87. The second-order valence-corrected chi connectivity index (χ2v) is 6.17. The van der Waals surface area contributed by atoms with E-state index in [1.807, 2.05) is 19.1 Å². The molecule has 1 heterocycles. The Hall–Kier alpha value is -1.24. The lowest BCUT2D eigenvalue weighted by Gasteiger charge is -2.36. The molecule has 0 saturated carbocycles. The molecule has 1 aliphatic rings. The molecule has 2 unspecified atom stereocenters. The van der Waals surface area contributed by atoms with Gasteiger partial charge in [0, 0.05) is 12.2 Å². The van der Waals surface area contributed by atoms with Gasteiger partial charge in [0.1, 0.15) is 6.07 Å². The standard InChI is InChI=1S/C15H19ClN2O/c1-10(2)14-15(3,19)6-7-18(14)12-5-4-11(9-17)13(16)8-12/h4-5,8,10,14,19H,6-7H2,1-3H3. The van der Waals surface area contributed by atoms with Gasteiger partial charge in [0.05, 0.1) is 22.2 Å². The minimum atomic E-state index is -0.686. The Labute approximate surface area is 119 Å². The minimum Gasteiger partial charge on any atom is -0.388 e. The van der Waals surface area contributed by atoms with Gasteiger partial charge in [-0.25, -0.2) is 0 Å². The zero-order valence-corrected chi connectivity index (χ0v) is 12.3. The van der Waals surface area contributed by atoms with Crippen molar-refractivity contribution in [2.45, 2.75) is 38.8 Å². The first-order chi connectivity index (χ1) is 8.86. The third-order valence-corrected chi connectivity index (χ3v) is 4.18. The molecule has 1 aromatic carbocycles. The van der Waals surface area contributed by atoms with Crippen LogP contribution in [0.15, 0.2) is 18.2 Å². The van der Waals surface area contributed by atoms with Crippen molar-refractivity contribution in [3.8, 4) is 6.07 Å². The Morgan fingerprint density at radius 1 is 1.53 bits per heavy atom. The molecular formula is C15H19ClN2O. The first-order valence-electron chi connectivity index (χ1n) is 6.55. The summed E-state index contributed by atoms with van der Waals surface area (Å²) < 4.78 is 0. The highest BCUT2D eigenvalue weighted by atomic mass is 35.5. The van der Waals surface area contributed by atoms with E-state index in [0.29, 0.717) is 16.5 Å². The summed E-state index contributed by atoms with van der Waals surface area (Å²) in [5.74, 6) is 0.340. The first kappa shape index (κ1) is 14.2. The van der Waals surface area contributed by atoms with Crippen molar-refractivity contribution < 1.29 is 5.11 Å². The number of halogens is 1. The zero-order chi connectivity index (χ0) is 14.2. The van der Waals surface area contributed by atoms with E-state index >= 15 is 0 Å². The van der Waals surface area contributed by atoms with Gasteiger partial charge < -0.3 is 10.0 Å². The molecule has 2 atom stereocenters. The summed E-state index contributed by atoms with van der Waals surface area (Å²) in [5, 5.41) is 19.9. The molecule has 0 amide bonds. The van der Waals surface area contributed by atoms with Crippen LogP contribution in [0.3, 0.4) is 0 Å². The summed E-state index contributed by atoms with van der Waals surface area (Å²) in [6.07, 6.45) is 0.744. The maximum absolute atomic E-state index is 10.5. The molecule has 0 radical (unpaired) electrons. The van der Waals surface area contributed by atoms with E-state index in [2.05, 4.69) is 24.8 Å². The molecular weight excluding hydrogens is 260 g/mol. The lowest BCUT2D eigenvalue weighted by Crippen LogP contribution is -2.46. The Kier molecular flexibility index (Phi) is 3.75. The minimum absolute atomic E-state index is 0.0662. The molecule has 1 aromatic rings. The lowest BCUT2D eigenvalue weighted by atomic mass is 9.88. The average Bonchev–Trinajstić information content (AvgIpc) is 2.64. The molecule has 102 valence electrons. The smallest absolute Gasteiger partial charge is 0.101 e. The van der Waals surface area contributed by atoms with E-state index in [4.69, 9.17) is 16.9 Å². The van der Waals surface area contributed by atoms with Crippen LogP contribution in [0.1, 0.15) is 32.8 Å². The van der Waals surface area contributed by atoms with Crippen LogP contribution >= 0.6 is 11.6 Å². The molecule has 3 nitrogen and oxygen atoms in total. The number of benzene rings is 1. The fourth-order valence-electron chi connectivity index (χ4n) is 3.11. The Bertz CT molecular complexity index is 519. The fourth-order valence-corrected chi connectivity index (χ4v) is 3.33. The van der Waals surface area contributed by atoms with Crippen molar-refractivity contribution in [1.29, 1.82) is 5.26 Å². The van der Waals surface area contributed by atoms with E-state index in [1.165, 1.54) is 0 Å². The van der Waals surface area contributed by atoms with Gasteiger partial charge in [-0.3, -0.25) is 0 Å². The molecule has 1 aliphatic heterocycles. The molecule has 0 spiro atoms. The van der Waals surface area contributed by atoms with Crippen molar-refractivity contribution in [3.63, 3.8) is 0 Å². The molecule has 0 aromatic heterocycles. The molecule has 19 heavy (non-hydrogen) atoms. The molecule has 1 fully saturated rings. The summed E-state index contributed by atoms with van der Waals surface area (Å²) in [5.41, 5.74) is 0.770. The van der Waals surface area contributed by atoms with E-state index in [0.717, 1.165) is 18.7 Å². The van der Waals surface area contributed by atoms with Crippen molar-refractivity contribution in [2.24, 2.45) is 5.92 Å². The number of rotatable bonds is 2. The highest BCUT2D eigenvalue weighted by Crippen LogP contribution is 2.37. The van der Waals surface area contributed by atoms with Crippen LogP contribution in [0.2, 0.25) is 5.02 Å². The van der Waals surface area contributed by atoms with E-state index < -0.39 is 5.60 Å². The van der Waals surface area contributed by atoms with Gasteiger partial charge in [0.2, 0.25) is 0 Å². The molecule has 2 rings (SSSR count). The summed E-state index contributed by atoms with van der Waals surface area (Å²) in [4.78, 5) is 2.19. The predicted molar refractivity (Wildman–Crippen MR) is 77.4 cm³/mol. The van der Waals surface area contributed by atoms with Crippen molar-refractivity contribution in [2.75, 3.05) is 11.4 Å². The first-order valence-corrected chi connectivity index (χ1v) is 6.93. The van der Waals surface area contributed by atoms with Crippen molar-refractivity contribution in [3.05, 3.63) is 28.8 Å². The van der Waals surface area contributed by atoms with Crippen molar-refractivity contribution in [1.82, 2.24) is 0 Å². The monoisotopic (exact) mass is 278 g/mol. The summed E-state index contributed by atoms with van der Waals surface area (Å²) in [6.45, 7) is 6.92. The van der Waals surface area contributed by atoms with Gasteiger partial charge in [-0.05, 0) is 37.5 Å². The summed E-state index contributed by atoms with van der Waals surface area (Å²) in [7, 11) is 0. The highest BCUT2D eigenvalue weighted by Gasteiger charge is 2.44. The Balaban J connectivity index is 2.37. The highest BCUT2D eigenvalue weighted by molar-refractivity contribution is 6.32. The van der Waals surface area contributed by atoms with Crippen LogP contribution in [0.25, 0.3) is 0 Å². The summed E-state index contributed by atoms with van der Waals surface area (Å²) in [6, 6.07) is 7.59. The van der Waals surface area contributed by atoms with Gasteiger partial charge in [-0.2, -0.15) is 5.26 Å². The fraction of sp³-hybridized carbons (Fsp3) is 0.533. The normalized spacial score (nSPS) is 26.8. The van der Waals surface area contributed by atoms with Gasteiger partial charge >= 0.3 is 0 Å². The SMILES string of the molecule is CC(C)C1N(c2ccc(C#N)c(Cl)c2)CCC1(C)O. The van der Waals surface area contributed by atoms with Crippen LogP contribution in [0, 0.1) is 17.2 Å². The van der Waals surface area contributed by atoms with Crippen LogP contribution in [-0.4, -0.2) is 23.3 Å². The number of aliphatic hydroxyl groups is 1. The Morgan fingerprint density at radius 3 is 2.74 bits per heavy atom. The van der Waals surface area contributed by atoms with E-state index in [1.54, 1.807) is 6.07 Å². The summed E-state index contributed by atoms with van der Waals surface area (Å²) >= 11 is 6.09. The topological polar surface area (TPSA) is 47.3 Å². The zero-order valence-electron chi connectivity index (χ0n) is 11.5. The quantitative estimate of drug-likeness (QED) is 0.904. The van der Waals surface area contributed by atoms with Crippen LogP contribution in [0.4, 0.5) is 5.69 Å². The number of nitriles is 1. The maximum atomic E-state index is 10.5. The lowest BCUT2D eigenvalue weighted by molar-refractivity contribution is 0.0371. The van der Waals surface area contributed by atoms with Gasteiger partial charge in [0.15, 0.2) is 0 Å². The van der Waals surface area contributed by atoms with Gasteiger partial charge in [0.25, 0.3) is 0 Å². The van der Waals surface area contributed by atoms with Gasteiger partial charge in [-0.1, -0.05) is 25.4 Å². The van der Waals surface area contributed by atoms with Crippen LogP contribution in [0.5, 0.6) is 0 Å². The maximum Gasteiger partial charge on any atom is 0.101 e. The largest absolute Gasteiger partial charge is 0.388 e. The van der Waals surface area contributed by atoms with Crippen molar-refractivity contribution >= 4 is 17.3 Å². The number of hydrogen-bond acceptors (Lipinski definition) is 3. The van der Waals surface area contributed by atoms with Crippen LogP contribution < -0.4 is 4.90 Å². The predicted octanol–water partition coefficient (Wildman–Crippen LogP) is 3.20.